The third-order valence-corrected chi connectivity index (χ3v) is 3.23. The molecule has 8 heteroatoms. The fraction of sp³-hybridized carbons (Fsp3) is 0.294. The summed E-state index contributed by atoms with van der Waals surface area (Å²) in [6, 6.07) is 4.48. The Labute approximate surface area is 142 Å². The smallest absolute Gasteiger partial charge is 0.321 e. The van der Waals surface area contributed by atoms with Crippen LogP contribution >= 0.6 is 0 Å². The van der Waals surface area contributed by atoms with Gasteiger partial charge in [0, 0.05) is 5.69 Å². The number of nitrogens with one attached hydrogen (secondary N) is 1. The number of benzene rings is 1. The van der Waals surface area contributed by atoms with Crippen LogP contribution < -0.4 is 5.32 Å². The molecule has 3 nitrogen and oxygen atoms in total. The third kappa shape index (κ3) is 5.81. The van der Waals surface area contributed by atoms with Gasteiger partial charge < -0.3 is 5.32 Å². The van der Waals surface area contributed by atoms with Crippen LogP contribution in [0.15, 0.2) is 52.4 Å². The quantitative estimate of drug-likeness (QED) is 0.560. The van der Waals surface area contributed by atoms with Crippen LogP contribution in [0.1, 0.15) is 27.2 Å². The topological polar surface area (TPSA) is 41.5 Å². The number of alkyl halides is 3. The van der Waals surface area contributed by atoms with E-state index < -0.39 is 35.1 Å². The lowest BCUT2D eigenvalue weighted by atomic mass is 10.1. The highest BCUT2D eigenvalue weighted by Crippen LogP contribution is 2.28. The predicted octanol–water partition coefficient (Wildman–Crippen LogP) is 5.32. The van der Waals surface area contributed by atoms with Crippen LogP contribution in [-0.2, 0) is 4.79 Å². The molecule has 0 atom stereocenters. The van der Waals surface area contributed by atoms with Crippen LogP contribution in [0.5, 0.6) is 0 Å². The molecular weight excluding hydrogens is 343 g/mol. The molecule has 136 valence electrons. The molecule has 0 aliphatic rings. The first kappa shape index (κ1) is 20.5. The number of allylic oxidation sites excluding steroid dienone is 3. The number of hydrogen-bond acceptors (Lipinski definition) is 2. The van der Waals surface area contributed by atoms with Crippen molar-refractivity contribution in [2.75, 3.05) is 5.32 Å². The molecule has 0 fully saturated rings. The van der Waals surface area contributed by atoms with Gasteiger partial charge in [-0.2, -0.15) is 13.2 Å². The number of nitrogens with zero attached hydrogens (tertiary/aromatic N) is 1. The van der Waals surface area contributed by atoms with E-state index in [4.69, 9.17) is 0 Å². The Bertz CT molecular complexity index is 716. The third-order valence-electron chi connectivity index (χ3n) is 3.23. The standard InChI is InChI=1S/C17H17F5N2O/c1-4-10(3)14(19)15(24-13(5-2)17(20,21)22)16(25)23-12-8-6-11(18)7-9-12/h5-9H,4H2,1-3H3,(H,23,25). The Balaban J connectivity index is 3.31. The highest BCUT2D eigenvalue weighted by Gasteiger charge is 2.34. The van der Waals surface area contributed by atoms with E-state index >= 15 is 0 Å². The first-order chi connectivity index (χ1) is 11.6. The van der Waals surface area contributed by atoms with Crippen molar-refractivity contribution < 1.29 is 26.7 Å². The number of anilines is 1. The number of amides is 1. The first-order valence-corrected chi connectivity index (χ1v) is 7.34. The first-order valence-electron chi connectivity index (χ1n) is 7.34. The van der Waals surface area contributed by atoms with Crippen LogP contribution in [-0.4, -0.2) is 17.8 Å². The summed E-state index contributed by atoms with van der Waals surface area (Å²) in [4.78, 5) is 15.4. The summed E-state index contributed by atoms with van der Waals surface area (Å²) in [5.74, 6) is -2.86. The van der Waals surface area contributed by atoms with Crippen LogP contribution in [0.3, 0.4) is 0 Å². The van der Waals surface area contributed by atoms with E-state index in [-0.39, 0.29) is 17.7 Å². The molecule has 0 radical (unpaired) electrons. The van der Waals surface area contributed by atoms with Gasteiger partial charge in [-0.25, -0.2) is 13.8 Å². The maximum absolute atomic E-state index is 14.4. The zero-order chi connectivity index (χ0) is 19.2. The fourth-order valence-electron chi connectivity index (χ4n) is 1.69. The summed E-state index contributed by atoms with van der Waals surface area (Å²) < 4.78 is 65.9. The Morgan fingerprint density at radius 3 is 2.24 bits per heavy atom. The fourth-order valence-corrected chi connectivity index (χ4v) is 1.69. The van der Waals surface area contributed by atoms with Crippen LogP contribution in [0.4, 0.5) is 27.6 Å². The summed E-state index contributed by atoms with van der Waals surface area (Å²) >= 11 is 0. The van der Waals surface area contributed by atoms with Gasteiger partial charge in [0.25, 0.3) is 5.91 Å². The molecule has 0 saturated carbocycles. The Hall–Kier alpha value is -2.51. The molecule has 0 heterocycles. The molecule has 0 aliphatic heterocycles. The second-order valence-corrected chi connectivity index (χ2v) is 5.04. The monoisotopic (exact) mass is 360 g/mol. The molecule has 1 amide bonds. The number of halogens is 5. The minimum absolute atomic E-state index is 0.0747. The summed E-state index contributed by atoms with van der Waals surface area (Å²) in [7, 11) is 0. The molecule has 0 spiro atoms. The van der Waals surface area contributed by atoms with Crippen molar-refractivity contribution in [2.24, 2.45) is 4.99 Å². The van der Waals surface area contributed by atoms with Crippen molar-refractivity contribution in [3.05, 3.63) is 53.3 Å². The van der Waals surface area contributed by atoms with Gasteiger partial charge in [-0.1, -0.05) is 13.0 Å². The highest BCUT2D eigenvalue weighted by atomic mass is 19.4. The minimum Gasteiger partial charge on any atom is -0.321 e. The van der Waals surface area contributed by atoms with Gasteiger partial charge in [0.1, 0.15) is 11.5 Å². The van der Waals surface area contributed by atoms with E-state index in [1.54, 1.807) is 6.92 Å². The molecule has 0 saturated heterocycles. The van der Waals surface area contributed by atoms with Crippen molar-refractivity contribution in [3.8, 4) is 0 Å². The Kier molecular flexibility index (Phi) is 7.02. The average Bonchev–Trinajstić information content (AvgIpc) is 2.55. The molecular formula is C17H17F5N2O. The molecule has 0 unspecified atom stereocenters. The van der Waals surface area contributed by atoms with Gasteiger partial charge >= 0.3 is 6.18 Å². The van der Waals surface area contributed by atoms with E-state index in [2.05, 4.69) is 10.3 Å². The molecule has 1 rings (SSSR count). The summed E-state index contributed by atoms with van der Waals surface area (Å²) in [6.45, 7) is 4.01. The predicted molar refractivity (Wildman–Crippen MR) is 86.4 cm³/mol. The van der Waals surface area contributed by atoms with E-state index in [0.29, 0.717) is 6.08 Å². The number of carbonyl (C=O) groups is 1. The van der Waals surface area contributed by atoms with Crippen LogP contribution in [0.25, 0.3) is 0 Å². The number of hydrogen-bond donors (Lipinski definition) is 1. The normalized spacial score (nSPS) is 14.2. The molecule has 0 aromatic heterocycles. The summed E-state index contributed by atoms with van der Waals surface area (Å²) in [5, 5.41) is 2.20. The summed E-state index contributed by atoms with van der Waals surface area (Å²) in [5.41, 5.74) is -2.22. The molecule has 0 aliphatic carbocycles. The summed E-state index contributed by atoms with van der Waals surface area (Å²) in [6.07, 6.45) is -4.01. The zero-order valence-corrected chi connectivity index (χ0v) is 13.8. The lowest BCUT2D eigenvalue weighted by Crippen LogP contribution is -2.26. The number of carbonyl (C=O) groups excluding carboxylic acids is 1. The van der Waals surface area contributed by atoms with E-state index in [1.165, 1.54) is 19.1 Å². The van der Waals surface area contributed by atoms with Crippen LogP contribution in [0, 0.1) is 5.82 Å². The Morgan fingerprint density at radius 2 is 1.80 bits per heavy atom. The van der Waals surface area contributed by atoms with E-state index in [0.717, 1.165) is 19.1 Å². The van der Waals surface area contributed by atoms with Crippen molar-refractivity contribution in [3.63, 3.8) is 0 Å². The maximum Gasteiger partial charge on any atom is 0.433 e. The van der Waals surface area contributed by atoms with Gasteiger partial charge in [0.15, 0.2) is 11.5 Å². The minimum atomic E-state index is -4.84. The van der Waals surface area contributed by atoms with Gasteiger partial charge in [-0.05, 0) is 50.1 Å². The molecule has 1 aromatic rings. The molecule has 25 heavy (non-hydrogen) atoms. The van der Waals surface area contributed by atoms with Gasteiger partial charge in [0.05, 0.1) is 0 Å². The van der Waals surface area contributed by atoms with Crippen molar-refractivity contribution >= 4 is 17.3 Å². The van der Waals surface area contributed by atoms with Gasteiger partial charge in [0.2, 0.25) is 0 Å². The SMILES string of the molecule is CC=C(N=C(C(=O)Nc1ccc(F)cc1)C(F)=C(C)CC)C(F)(F)F. The lowest BCUT2D eigenvalue weighted by Gasteiger charge is -2.11. The number of rotatable bonds is 5. The van der Waals surface area contributed by atoms with E-state index in [9.17, 15) is 26.7 Å². The highest BCUT2D eigenvalue weighted by molar-refractivity contribution is 6.48. The van der Waals surface area contributed by atoms with Crippen LogP contribution in [0.2, 0.25) is 0 Å². The van der Waals surface area contributed by atoms with Gasteiger partial charge in [-0.15, -0.1) is 0 Å². The lowest BCUT2D eigenvalue weighted by molar-refractivity contribution is -0.110. The maximum atomic E-state index is 14.4. The second kappa shape index (κ2) is 8.55. The average molecular weight is 360 g/mol. The van der Waals surface area contributed by atoms with Crippen molar-refractivity contribution in [1.29, 1.82) is 0 Å². The molecule has 0 bridgehead atoms. The largest absolute Gasteiger partial charge is 0.433 e. The van der Waals surface area contributed by atoms with Crippen molar-refractivity contribution in [2.45, 2.75) is 33.4 Å². The molecule has 1 aromatic carbocycles. The molecule has 1 N–H and O–H groups in total. The van der Waals surface area contributed by atoms with Crippen molar-refractivity contribution in [1.82, 2.24) is 0 Å². The Morgan fingerprint density at radius 1 is 1.24 bits per heavy atom. The van der Waals surface area contributed by atoms with Gasteiger partial charge in [-0.3, -0.25) is 4.79 Å². The zero-order valence-electron chi connectivity index (χ0n) is 13.8. The number of aliphatic imine (C=N–C) groups is 1. The second-order valence-electron chi connectivity index (χ2n) is 5.04. The van der Waals surface area contributed by atoms with E-state index in [1.807, 2.05) is 0 Å².